The van der Waals surface area contributed by atoms with Crippen molar-refractivity contribution in [3.05, 3.63) is 218 Å². The Hall–Kier alpha value is -7.68. The maximum Gasteiger partial charge on any atom is 0.160 e. The van der Waals surface area contributed by atoms with Gasteiger partial charge in [0, 0.05) is 16.7 Å². The Kier molecular flexibility index (Phi) is 8.19. The minimum Gasteiger partial charge on any atom is -0.228 e. The van der Waals surface area contributed by atoms with E-state index in [1.165, 1.54) is 70.9 Å². The van der Waals surface area contributed by atoms with Gasteiger partial charge in [-0.15, -0.1) is 0 Å². The second-order valence-electron chi connectivity index (χ2n) is 14.9. The minimum atomic E-state index is 0.710. The molecule has 2 heteroatoms. The zero-order valence-electron chi connectivity index (χ0n) is 31.7. The standard InChI is InChI=1S/C56H36N2/c1-3-15-39(16-4-1)53-36-54(58-56(57-53)41-17-5-2-6-18-41)44-20-13-19-43(34-44)46-32-30-38-14-7-8-21-45(38)55(46)40-28-26-37(27-29-40)42-31-33-51-49-24-10-9-22-47(49)48-23-11-12-25-50(48)52(51)35-42/h1-36H. The van der Waals surface area contributed by atoms with E-state index in [0.717, 1.165) is 33.6 Å². The summed E-state index contributed by atoms with van der Waals surface area (Å²) in [5.41, 5.74) is 12.0. The van der Waals surface area contributed by atoms with Gasteiger partial charge in [0.1, 0.15) is 0 Å². The van der Waals surface area contributed by atoms with Crippen molar-refractivity contribution in [2.24, 2.45) is 0 Å². The third-order valence-corrected chi connectivity index (χ3v) is 11.5. The summed E-state index contributed by atoms with van der Waals surface area (Å²) in [4.78, 5) is 10.2. The van der Waals surface area contributed by atoms with E-state index in [4.69, 9.17) is 9.97 Å². The molecule has 0 amide bonds. The SMILES string of the molecule is c1ccc(-c2cc(-c3cccc(-c4ccc5ccccc5c4-c4ccc(-c5ccc6c7ccccc7c7ccccc7c6c5)cc4)c3)nc(-c3ccccc3)n2)cc1. The molecule has 0 bridgehead atoms. The van der Waals surface area contributed by atoms with Gasteiger partial charge in [-0.2, -0.15) is 0 Å². The molecule has 0 radical (unpaired) electrons. The fraction of sp³-hybridized carbons (Fsp3) is 0. The predicted octanol–water partition coefficient (Wildman–Crippen LogP) is 15.1. The lowest BCUT2D eigenvalue weighted by atomic mass is 9.88. The van der Waals surface area contributed by atoms with Crippen LogP contribution >= 0.6 is 0 Å². The van der Waals surface area contributed by atoms with E-state index in [1.54, 1.807) is 0 Å². The number of rotatable bonds is 6. The van der Waals surface area contributed by atoms with Crippen LogP contribution in [0, 0.1) is 0 Å². The van der Waals surface area contributed by atoms with Crippen LogP contribution in [0.25, 0.3) is 110 Å². The number of aromatic nitrogens is 2. The molecule has 0 aliphatic carbocycles. The Labute approximate surface area is 337 Å². The molecule has 11 rings (SSSR count). The minimum absolute atomic E-state index is 0.710. The van der Waals surface area contributed by atoms with Crippen LogP contribution in [0.15, 0.2) is 218 Å². The summed E-state index contributed by atoms with van der Waals surface area (Å²) in [6.45, 7) is 0. The highest BCUT2D eigenvalue weighted by Gasteiger charge is 2.16. The third kappa shape index (κ3) is 5.91. The number of hydrogen-bond acceptors (Lipinski definition) is 2. The van der Waals surface area contributed by atoms with E-state index in [1.807, 2.05) is 24.3 Å². The molecule has 0 atom stereocenters. The van der Waals surface area contributed by atoms with Gasteiger partial charge in [0.15, 0.2) is 5.82 Å². The Balaban J connectivity index is 1.02. The molecule has 0 fully saturated rings. The summed E-state index contributed by atoms with van der Waals surface area (Å²) < 4.78 is 0. The van der Waals surface area contributed by atoms with Gasteiger partial charge in [-0.1, -0.05) is 200 Å². The molecular weight excluding hydrogens is 701 g/mol. The lowest BCUT2D eigenvalue weighted by Crippen LogP contribution is -1.96. The molecule has 2 nitrogen and oxygen atoms in total. The van der Waals surface area contributed by atoms with Crippen LogP contribution < -0.4 is 0 Å². The first-order valence-corrected chi connectivity index (χ1v) is 19.8. The van der Waals surface area contributed by atoms with Crippen molar-refractivity contribution >= 4 is 43.1 Å². The average molecular weight is 737 g/mol. The number of nitrogens with zero attached hydrogens (tertiary/aromatic N) is 2. The number of fused-ring (bicyclic) bond motifs is 7. The van der Waals surface area contributed by atoms with Crippen LogP contribution in [0.1, 0.15) is 0 Å². The van der Waals surface area contributed by atoms with Gasteiger partial charge in [0.25, 0.3) is 0 Å². The van der Waals surface area contributed by atoms with E-state index in [0.29, 0.717) is 5.82 Å². The smallest absolute Gasteiger partial charge is 0.160 e. The van der Waals surface area contributed by atoms with Crippen LogP contribution in [-0.4, -0.2) is 9.97 Å². The molecule has 0 saturated carbocycles. The van der Waals surface area contributed by atoms with Crippen molar-refractivity contribution in [2.75, 3.05) is 0 Å². The molecule has 58 heavy (non-hydrogen) atoms. The maximum absolute atomic E-state index is 5.14. The summed E-state index contributed by atoms with van der Waals surface area (Å²) >= 11 is 0. The molecule has 0 unspecified atom stereocenters. The first kappa shape index (κ1) is 33.6. The summed E-state index contributed by atoms with van der Waals surface area (Å²) in [5, 5.41) is 10.2. The van der Waals surface area contributed by atoms with Crippen molar-refractivity contribution in [2.45, 2.75) is 0 Å². The first-order chi connectivity index (χ1) is 28.7. The van der Waals surface area contributed by atoms with Crippen molar-refractivity contribution in [3.63, 3.8) is 0 Å². The maximum atomic E-state index is 5.14. The lowest BCUT2D eigenvalue weighted by Gasteiger charge is -2.16. The van der Waals surface area contributed by atoms with Gasteiger partial charge in [-0.05, 0) is 94.7 Å². The summed E-state index contributed by atoms with van der Waals surface area (Å²) in [5.74, 6) is 0.710. The molecule has 1 aromatic heterocycles. The zero-order chi connectivity index (χ0) is 38.4. The van der Waals surface area contributed by atoms with E-state index >= 15 is 0 Å². The molecule has 10 aromatic carbocycles. The van der Waals surface area contributed by atoms with Gasteiger partial charge < -0.3 is 0 Å². The Morgan fingerprint density at radius 1 is 0.241 bits per heavy atom. The first-order valence-electron chi connectivity index (χ1n) is 19.8. The fourth-order valence-electron chi connectivity index (χ4n) is 8.65. The molecule has 0 aliphatic heterocycles. The van der Waals surface area contributed by atoms with Crippen molar-refractivity contribution < 1.29 is 0 Å². The second kappa shape index (κ2) is 14.1. The molecular formula is C56H36N2. The third-order valence-electron chi connectivity index (χ3n) is 11.5. The highest BCUT2D eigenvalue weighted by atomic mass is 14.9. The Morgan fingerprint density at radius 2 is 0.741 bits per heavy atom. The number of benzene rings is 10. The van der Waals surface area contributed by atoms with E-state index < -0.39 is 0 Å². The van der Waals surface area contributed by atoms with Gasteiger partial charge in [-0.25, -0.2) is 9.97 Å². The van der Waals surface area contributed by atoms with Gasteiger partial charge >= 0.3 is 0 Å². The summed E-state index contributed by atoms with van der Waals surface area (Å²) in [6, 6.07) is 78.3. The van der Waals surface area contributed by atoms with E-state index in [-0.39, 0.29) is 0 Å². The average Bonchev–Trinajstić information content (AvgIpc) is 3.31. The zero-order valence-corrected chi connectivity index (χ0v) is 31.7. The van der Waals surface area contributed by atoms with Crippen molar-refractivity contribution in [1.29, 1.82) is 0 Å². The number of hydrogen-bond donors (Lipinski definition) is 0. The molecule has 0 spiro atoms. The van der Waals surface area contributed by atoms with Crippen molar-refractivity contribution in [1.82, 2.24) is 9.97 Å². The lowest BCUT2D eigenvalue weighted by molar-refractivity contribution is 1.18. The summed E-state index contributed by atoms with van der Waals surface area (Å²) in [6.07, 6.45) is 0. The molecule has 1 heterocycles. The Morgan fingerprint density at radius 3 is 1.43 bits per heavy atom. The van der Waals surface area contributed by atoms with E-state index in [9.17, 15) is 0 Å². The molecule has 0 N–H and O–H groups in total. The topological polar surface area (TPSA) is 25.8 Å². The molecule has 0 saturated heterocycles. The highest BCUT2D eigenvalue weighted by Crippen LogP contribution is 2.41. The van der Waals surface area contributed by atoms with Crippen LogP contribution in [0.2, 0.25) is 0 Å². The van der Waals surface area contributed by atoms with Crippen LogP contribution in [0.4, 0.5) is 0 Å². The van der Waals surface area contributed by atoms with Crippen LogP contribution in [0.5, 0.6) is 0 Å². The molecule has 11 aromatic rings. The largest absolute Gasteiger partial charge is 0.228 e. The van der Waals surface area contributed by atoms with Gasteiger partial charge in [-0.3, -0.25) is 0 Å². The summed E-state index contributed by atoms with van der Waals surface area (Å²) in [7, 11) is 0. The highest BCUT2D eigenvalue weighted by molar-refractivity contribution is 6.25. The predicted molar refractivity (Wildman–Crippen MR) is 245 cm³/mol. The Bertz CT molecular complexity index is 3220. The van der Waals surface area contributed by atoms with Gasteiger partial charge in [0.2, 0.25) is 0 Å². The molecule has 0 aliphatic rings. The van der Waals surface area contributed by atoms with Crippen LogP contribution in [-0.2, 0) is 0 Å². The molecule has 270 valence electrons. The normalized spacial score (nSPS) is 11.4. The fourth-order valence-corrected chi connectivity index (χ4v) is 8.65. The quantitative estimate of drug-likeness (QED) is 0.159. The van der Waals surface area contributed by atoms with Crippen molar-refractivity contribution in [3.8, 4) is 67.3 Å². The second-order valence-corrected chi connectivity index (χ2v) is 14.9. The van der Waals surface area contributed by atoms with E-state index in [2.05, 4.69) is 194 Å². The van der Waals surface area contributed by atoms with Gasteiger partial charge in [0.05, 0.1) is 11.4 Å². The van der Waals surface area contributed by atoms with Crippen LogP contribution in [0.3, 0.4) is 0 Å². The monoisotopic (exact) mass is 736 g/mol.